The van der Waals surface area contributed by atoms with Gasteiger partial charge in [0.1, 0.15) is 0 Å². The van der Waals surface area contributed by atoms with Crippen molar-refractivity contribution in [1.82, 2.24) is 5.32 Å². The van der Waals surface area contributed by atoms with Crippen molar-refractivity contribution < 1.29 is 5.11 Å². The van der Waals surface area contributed by atoms with Crippen molar-refractivity contribution in [2.45, 2.75) is 45.6 Å². The van der Waals surface area contributed by atoms with Crippen LogP contribution in [-0.4, -0.2) is 23.8 Å². The molecule has 0 aliphatic rings. The Kier molecular flexibility index (Phi) is 5.83. The molecule has 0 radical (unpaired) electrons. The first-order valence-electron chi connectivity index (χ1n) is 6.93. The van der Waals surface area contributed by atoms with Gasteiger partial charge in [-0.3, -0.25) is 0 Å². The summed E-state index contributed by atoms with van der Waals surface area (Å²) < 4.78 is 0. The molecule has 1 aromatic rings. The van der Waals surface area contributed by atoms with E-state index in [4.69, 9.17) is 0 Å². The second-order valence-corrected chi connectivity index (χ2v) is 5.71. The van der Waals surface area contributed by atoms with Crippen LogP contribution in [-0.2, 0) is 0 Å². The third-order valence-corrected chi connectivity index (χ3v) is 3.91. The molecule has 18 heavy (non-hydrogen) atoms. The normalized spacial score (nSPS) is 16.6. The molecule has 2 nitrogen and oxygen atoms in total. The van der Waals surface area contributed by atoms with Crippen molar-refractivity contribution in [3.63, 3.8) is 0 Å². The van der Waals surface area contributed by atoms with Crippen molar-refractivity contribution in [2.75, 3.05) is 13.2 Å². The number of rotatable bonds is 7. The zero-order valence-electron chi connectivity index (χ0n) is 12.1. The molecule has 2 unspecified atom stereocenters. The Labute approximate surface area is 111 Å². The molecule has 0 heterocycles. The topological polar surface area (TPSA) is 32.3 Å². The van der Waals surface area contributed by atoms with Crippen LogP contribution in [0.15, 0.2) is 30.3 Å². The maximum absolute atomic E-state index is 9.44. The fourth-order valence-corrected chi connectivity index (χ4v) is 2.09. The Morgan fingerprint density at radius 3 is 2.28 bits per heavy atom. The van der Waals surface area contributed by atoms with E-state index in [1.165, 1.54) is 5.56 Å². The number of benzene rings is 1. The summed E-state index contributed by atoms with van der Waals surface area (Å²) >= 11 is 0. The molecular formula is C16H27NO. The van der Waals surface area contributed by atoms with Crippen LogP contribution in [0, 0.1) is 5.92 Å². The highest BCUT2D eigenvalue weighted by atomic mass is 16.3. The van der Waals surface area contributed by atoms with Crippen LogP contribution >= 0.6 is 0 Å². The Balaban J connectivity index is 2.71. The molecule has 2 N–H and O–H groups in total. The average Bonchev–Trinajstić information content (AvgIpc) is 2.39. The van der Waals surface area contributed by atoms with Gasteiger partial charge in [0.2, 0.25) is 0 Å². The van der Waals surface area contributed by atoms with E-state index < -0.39 is 0 Å². The second-order valence-electron chi connectivity index (χ2n) is 5.71. The molecule has 2 atom stereocenters. The molecule has 1 aromatic carbocycles. The summed E-state index contributed by atoms with van der Waals surface area (Å²) in [5.41, 5.74) is 1.21. The van der Waals surface area contributed by atoms with Crippen molar-refractivity contribution >= 4 is 0 Å². The summed E-state index contributed by atoms with van der Waals surface area (Å²) in [5, 5.41) is 13.0. The van der Waals surface area contributed by atoms with Crippen molar-refractivity contribution in [2.24, 2.45) is 5.92 Å². The quantitative estimate of drug-likeness (QED) is 0.778. The minimum absolute atomic E-state index is 0.165. The van der Waals surface area contributed by atoms with E-state index >= 15 is 0 Å². The summed E-state index contributed by atoms with van der Waals surface area (Å²) in [7, 11) is 0. The van der Waals surface area contributed by atoms with E-state index in [9.17, 15) is 5.11 Å². The smallest absolute Gasteiger partial charge is 0.0610 e. The lowest BCUT2D eigenvalue weighted by molar-refractivity contribution is 0.166. The van der Waals surface area contributed by atoms with Gasteiger partial charge in [0.25, 0.3) is 0 Å². The van der Waals surface area contributed by atoms with E-state index in [2.05, 4.69) is 63.3 Å². The Morgan fingerprint density at radius 1 is 1.22 bits per heavy atom. The van der Waals surface area contributed by atoms with E-state index in [0.717, 1.165) is 13.0 Å². The summed E-state index contributed by atoms with van der Waals surface area (Å²) in [4.78, 5) is 0. The monoisotopic (exact) mass is 249 g/mol. The number of aliphatic hydroxyl groups excluding tert-OH is 1. The van der Waals surface area contributed by atoms with E-state index in [1.807, 2.05) is 0 Å². The fourth-order valence-electron chi connectivity index (χ4n) is 2.09. The van der Waals surface area contributed by atoms with E-state index in [0.29, 0.717) is 11.8 Å². The highest BCUT2D eigenvalue weighted by molar-refractivity contribution is 5.20. The number of nitrogens with one attached hydrogen (secondary N) is 1. The molecule has 0 saturated carbocycles. The van der Waals surface area contributed by atoms with Gasteiger partial charge in [-0.2, -0.15) is 0 Å². The van der Waals surface area contributed by atoms with Crippen LogP contribution in [0.25, 0.3) is 0 Å². The van der Waals surface area contributed by atoms with Gasteiger partial charge in [-0.05, 0) is 30.7 Å². The average molecular weight is 249 g/mol. The first kappa shape index (κ1) is 15.2. The SMILES string of the molecule is CCC(C)(CO)NCC(c1ccccc1)C(C)C. The number of hydrogen-bond acceptors (Lipinski definition) is 2. The van der Waals surface area contributed by atoms with E-state index in [1.54, 1.807) is 0 Å². The minimum atomic E-state index is -0.165. The van der Waals surface area contributed by atoms with Gasteiger partial charge in [0, 0.05) is 12.1 Å². The number of aliphatic hydroxyl groups is 1. The molecule has 2 heteroatoms. The molecule has 0 spiro atoms. The minimum Gasteiger partial charge on any atom is -0.394 e. The van der Waals surface area contributed by atoms with Crippen molar-refractivity contribution in [3.05, 3.63) is 35.9 Å². The third kappa shape index (κ3) is 4.11. The van der Waals surface area contributed by atoms with Crippen LogP contribution in [0.5, 0.6) is 0 Å². The van der Waals surface area contributed by atoms with Gasteiger partial charge in [-0.15, -0.1) is 0 Å². The third-order valence-electron chi connectivity index (χ3n) is 3.91. The Hall–Kier alpha value is -0.860. The molecule has 102 valence electrons. The maximum atomic E-state index is 9.44. The van der Waals surface area contributed by atoms with Crippen molar-refractivity contribution in [3.8, 4) is 0 Å². The van der Waals surface area contributed by atoms with Gasteiger partial charge in [0.15, 0.2) is 0 Å². The number of hydrogen-bond donors (Lipinski definition) is 2. The first-order chi connectivity index (χ1) is 8.52. The van der Waals surface area contributed by atoms with Gasteiger partial charge in [-0.1, -0.05) is 51.1 Å². The summed E-state index contributed by atoms with van der Waals surface area (Å²) in [6, 6.07) is 10.6. The lowest BCUT2D eigenvalue weighted by Crippen LogP contribution is -2.47. The van der Waals surface area contributed by atoms with Crippen LogP contribution in [0.4, 0.5) is 0 Å². The largest absolute Gasteiger partial charge is 0.394 e. The predicted molar refractivity (Wildman–Crippen MR) is 77.8 cm³/mol. The van der Waals surface area contributed by atoms with E-state index in [-0.39, 0.29) is 12.1 Å². The summed E-state index contributed by atoms with van der Waals surface area (Å²) in [6.45, 7) is 9.78. The van der Waals surface area contributed by atoms with Crippen LogP contribution in [0.1, 0.15) is 45.6 Å². The molecule has 1 rings (SSSR count). The molecule has 0 saturated heterocycles. The molecule has 0 bridgehead atoms. The lowest BCUT2D eigenvalue weighted by atomic mass is 9.87. The molecule has 0 aliphatic heterocycles. The standard InChI is InChI=1S/C16H27NO/c1-5-16(4,12-18)17-11-15(13(2)3)14-9-7-6-8-10-14/h6-10,13,15,17-18H,5,11-12H2,1-4H3. The van der Waals surface area contributed by atoms with Gasteiger partial charge >= 0.3 is 0 Å². The van der Waals surface area contributed by atoms with Gasteiger partial charge in [-0.25, -0.2) is 0 Å². The Bertz CT molecular complexity index is 330. The first-order valence-corrected chi connectivity index (χ1v) is 6.93. The zero-order chi connectivity index (χ0) is 13.6. The molecule has 0 aromatic heterocycles. The predicted octanol–water partition coefficient (Wildman–Crippen LogP) is 3.18. The zero-order valence-corrected chi connectivity index (χ0v) is 12.1. The molecular weight excluding hydrogens is 222 g/mol. The highest BCUT2D eigenvalue weighted by Crippen LogP contribution is 2.24. The van der Waals surface area contributed by atoms with Gasteiger partial charge < -0.3 is 10.4 Å². The summed E-state index contributed by atoms with van der Waals surface area (Å²) in [5.74, 6) is 1.07. The highest BCUT2D eigenvalue weighted by Gasteiger charge is 2.23. The molecule has 0 amide bonds. The van der Waals surface area contributed by atoms with Crippen LogP contribution in [0.2, 0.25) is 0 Å². The molecule has 0 fully saturated rings. The maximum Gasteiger partial charge on any atom is 0.0610 e. The van der Waals surface area contributed by atoms with Crippen molar-refractivity contribution in [1.29, 1.82) is 0 Å². The summed E-state index contributed by atoms with van der Waals surface area (Å²) in [6.07, 6.45) is 0.934. The second kappa shape index (κ2) is 6.91. The van der Waals surface area contributed by atoms with Crippen LogP contribution in [0.3, 0.4) is 0 Å². The Morgan fingerprint density at radius 2 is 1.83 bits per heavy atom. The lowest BCUT2D eigenvalue weighted by Gasteiger charge is -2.31. The fraction of sp³-hybridized carbons (Fsp3) is 0.625. The van der Waals surface area contributed by atoms with Gasteiger partial charge in [0.05, 0.1) is 6.61 Å². The molecule has 0 aliphatic carbocycles. The van der Waals surface area contributed by atoms with Crippen LogP contribution < -0.4 is 5.32 Å².